The fraction of sp³-hybridized carbons (Fsp3) is 0.0833. The van der Waals surface area contributed by atoms with Gasteiger partial charge in [0.1, 0.15) is 12.4 Å². The van der Waals surface area contributed by atoms with E-state index in [1.54, 1.807) is 4.90 Å². The van der Waals surface area contributed by atoms with Crippen LogP contribution in [-0.2, 0) is 11.4 Å². The molecule has 3 nitrogen and oxygen atoms in total. The van der Waals surface area contributed by atoms with E-state index < -0.39 is 0 Å². The third-order valence-electron chi connectivity index (χ3n) is 4.59. The number of aryl methyl sites for hydroxylation is 1. The van der Waals surface area contributed by atoms with Crippen LogP contribution in [0.1, 0.15) is 16.7 Å². The fourth-order valence-corrected chi connectivity index (χ4v) is 4.37. The third kappa shape index (κ3) is 4.26. The number of carbonyl (C=O) groups excluding carboxylic acids is 1. The molecule has 0 bridgehead atoms. The first-order valence-corrected chi connectivity index (χ1v) is 10.5. The largest absolute Gasteiger partial charge is 0.488 e. The summed E-state index contributed by atoms with van der Waals surface area (Å²) in [5.74, 6) is 0.629. The van der Waals surface area contributed by atoms with E-state index in [1.165, 1.54) is 11.8 Å². The molecule has 1 aliphatic rings. The number of nitrogens with zero attached hydrogens (tertiary/aromatic N) is 1. The summed E-state index contributed by atoms with van der Waals surface area (Å²) in [5, 5.41) is 0. The fourth-order valence-electron chi connectivity index (χ4n) is 3.10. The van der Waals surface area contributed by atoms with Gasteiger partial charge in [0.15, 0.2) is 4.32 Å². The van der Waals surface area contributed by atoms with Crippen molar-refractivity contribution in [3.63, 3.8) is 0 Å². The van der Waals surface area contributed by atoms with Gasteiger partial charge in [-0.15, -0.1) is 0 Å². The number of hydrogen-bond acceptors (Lipinski definition) is 4. The van der Waals surface area contributed by atoms with Crippen molar-refractivity contribution < 1.29 is 9.53 Å². The van der Waals surface area contributed by atoms with Crippen LogP contribution in [0.2, 0.25) is 0 Å². The number of ether oxygens (including phenoxy) is 1. The molecule has 3 aromatic rings. The molecule has 1 aliphatic heterocycles. The Labute approximate surface area is 180 Å². The molecule has 0 aliphatic carbocycles. The number of anilines is 1. The lowest BCUT2D eigenvalue weighted by atomic mass is 10.1. The van der Waals surface area contributed by atoms with Gasteiger partial charge >= 0.3 is 0 Å². The molecule has 1 amide bonds. The molecular formula is C24H19NO2S2. The van der Waals surface area contributed by atoms with Gasteiger partial charge in [-0.3, -0.25) is 9.69 Å². The first-order valence-electron chi connectivity index (χ1n) is 9.23. The van der Waals surface area contributed by atoms with Gasteiger partial charge < -0.3 is 4.74 Å². The van der Waals surface area contributed by atoms with E-state index in [1.807, 2.05) is 91.9 Å². The van der Waals surface area contributed by atoms with Crippen LogP contribution in [0, 0.1) is 6.92 Å². The molecule has 4 rings (SSSR count). The van der Waals surface area contributed by atoms with Gasteiger partial charge in [-0.2, -0.15) is 0 Å². The van der Waals surface area contributed by atoms with E-state index in [4.69, 9.17) is 17.0 Å². The zero-order valence-corrected chi connectivity index (χ0v) is 17.5. The molecule has 0 saturated carbocycles. The van der Waals surface area contributed by atoms with E-state index in [0.29, 0.717) is 15.8 Å². The summed E-state index contributed by atoms with van der Waals surface area (Å²) in [6.07, 6.45) is 1.86. The number of thiocarbonyl (C=S) groups is 1. The number of rotatable bonds is 5. The topological polar surface area (TPSA) is 29.5 Å². The molecule has 1 fully saturated rings. The van der Waals surface area contributed by atoms with Crippen LogP contribution in [0.15, 0.2) is 83.8 Å². The first-order chi connectivity index (χ1) is 14.1. The summed E-state index contributed by atoms with van der Waals surface area (Å²) in [6, 6.07) is 25.5. The monoisotopic (exact) mass is 417 g/mol. The lowest BCUT2D eigenvalue weighted by Gasteiger charge is -2.16. The summed E-state index contributed by atoms with van der Waals surface area (Å²) in [4.78, 5) is 15.3. The lowest BCUT2D eigenvalue weighted by Crippen LogP contribution is -2.28. The first kappa shape index (κ1) is 19.4. The molecule has 0 aromatic heterocycles. The molecule has 0 spiro atoms. The molecule has 5 heteroatoms. The second-order valence-corrected chi connectivity index (χ2v) is 8.29. The maximum absolute atomic E-state index is 13.1. The third-order valence-corrected chi connectivity index (χ3v) is 5.89. The maximum atomic E-state index is 13.1. The Morgan fingerprint density at radius 2 is 1.66 bits per heavy atom. The molecule has 0 atom stereocenters. The number of hydrogen-bond donors (Lipinski definition) is 0. The minimum absolute atomic E-state index is 0.104. The zero-order valence-electron chi connectivity index (χ0n) is 15.9. The highest BCUT2D eigenvalue weighted by molar-refractivity contribution is 8.27. The second-order valence-electron chi connectivity index (χ2n) is 6.62. The number of carbonyl (C=O) groups is 1. The Morgan fingerprint density at radius 1 is 0.966 bits per heavy atom. The Balaban J connectivity index is 1.59. The summed E-state index contributed by atoms with van der Waals surface area (Å²) < 4.78 is 6.55. The predicted molar refractivity (Wildman–Crippen MR) is 124 cm³/mol. The summed E-state index contributed by atoms with van der Waals surface area (Å²) in [5.41, 5.74) is 3.78. The van der Waals surface area contributed by atoms with Crippen molar-refractivity contribution in [3.8, 4) is 5.75 Å². The maximum Gasteiger partial charge on any atom is 0.270 e. The van der Waals surface area contributed by atoms with Crippen molar-refractivity contribution in [2.45, 2.75) is 13.5 Å². The van der Waals surface area contributed by atoms with Gasteiger partial charge in [-0.1, -0.05) is 90.7 Å². The Morgan fingerprint density at radius 3 is 2.45 bits per heavy atom. The van der Waals surface area contributed by atoms with Crippen molar-refractivity contribution in [2.75, 3.05) is 4.90 Å². The average Bonchev–Trinajstić information content (AvgIpc) is 3.01. The number of benzene rings is 3. The van der Waals surface area contributed by atoms with E-state index in [9.17, 15) is 4.79 Å². The van der Waals surface area contributed by atoms with Crippen molar-refractivity contribution >= 4 is 46.0 Å². The Bertz CT molecular complexity index is 1090. The van der Waals surface area contributed by atoms with E-state index in [-0.39, 0.29) is 5.91 Å². The lowest BCUT2D eigenvalue weighted by molar-refractivity contribution is -0.113. The highest BCUT2D eigenvalue weighted by atomic mass is 32.2. The SMILES string of the molecule is Cc1ccccc1N1C(=O)C(=Cc2ccccc2OCc2ccccc2)SC1=S. The molecule has 1 heterocycles. The van der Waals surface area contributed by atoms with Crippen LogP contribution in [0.4, 0.5) is 5.69 Å². The summed E-state index contributed by atoms with van der Waals surface area (Å²) in [6.45, 7) is 2.44. The van der Waals surface area contributed by atoms with Crippen molar-refractivity contribution in [1.82, 2.24) is 0 Å². The van der Waals surface area contributed by atoms with Gasteiger partial charge in [0, 0.05) is 5.56 Å². The van der Waals surface area contributed by atoms with Gasteiger partial charge in [-0.05, 0) is 36.3 Å². The van der Waals surface area contributed by atoms with Gasteiger partial charge in [0.2, 0.25) is 0 Å². The average molecular weight is 418 g/mol. The molecular weight excluding hydrogens is 398 g/mol. The van der Waals surface area contributed by atoms with E-state index in [0.717, 1.165) is 28.1 Å². The standard InChI is InChI=1S/C24H19NO2S2/c1-17-9-5-7-13-20(17)25-23(26)22(29-24(25)28)15-19-12-6-8-14-21(19)27-16-18-10-3-2-4-11-18/h2-15H,16H2,1H3. The summed E-state index contributed by atoms with van der Waals surface area (Å²) >= 11 is 6.81. The summed E-state index contributed by atoms with van der Waals surface area (Å²) in [7, 11) is 0. The molecule has 0 unspecified atom stereocenters. The van der Waals surface area contributed by atoms with Gasteiger partial charge in [0.25, 0.3) is 5.91 Å². The van der Waals surface area contributed by atoms with Crippen LogP contribution >= 0.6 is 24.0 Å². The van der Waals surface area contributed by atoms with Crippen molar-refractivity contribution in [2.24, 2.45) is 0 Å². The Kier molecular flexibility index (Phi) is 5.79. The molecule has 0 N–H and O–H groups in total. The minimum Gasteiger partial charge on any atom is -0.488 e. The van der Waals surface area contributed by atoms with Crippen LogP contribution < -0.4 is 9.64 Å². The van der Waals surface area contributed by atoms with Gasteiger partial charge in [-0.25, -0.2) is 0 Å². The minimum atomic E-state index is -0.104. The van der Waals surface area contributed by atoms with Crippen molar-refractivity contribution in [3.05, 3.63) is 100 Å². The smallest absolute Gasteiger partial charge is 0.270 e. The molecule has 0 radical (unpaired) electrons. The highest BCUT2D eigenvalue weighted by Crippen LogP contribution is 2.38. The second kappa shape index (κ2) is 8.64. The predicted octanol–water partition coefficient (Wildman–Crippen LogP) is 5.98. The van der Waals surface area contributed by atoms with Crippen LogP contribution in [0.3, 0.4) is 0 Å². The number of para-hydroxylation sites is 2. The normalized spacial score (nSPS) is 15.2. The molecule has 144 valence electrons. The molecule has 1 saturated heterocycles. The molecule has 29 heavy (non-hydrogen) atoms. The highest BCUT2D eigenvalue weighted by Gasteiger charge is 2.34. The van der Waals surface area contributed by atoms with E-state index >= 15 is 0 Å². The van der Waals surface area contributed by atoms with Gasteiger partial charge in [0.05, 0.1) is 10.6 Å². The molecule has 3 aromatic carbocycles. The van der Waals surface area contributed by atoms with Crippen LogP contribution in [-0.4, -0.2) is 10.2 Å². The quantitative estimate of drug-likeness (QED) is 0.377. The van der Waals surface area contributed by atoms with Crippen molar-refractivity contribution in [1.29, 1.82) is 0 Å². The number of thioether (sulfide) groups is 1. The Hall–Kier alpha value is -2.89. The van der Waals surface area contributed by atoms with Crippen LogP contribution in [0.25, 0.3) is 6.08 Å². The zero-order chi connectivity index (χ0) is 20.2. The van der Waals surface area contributed by atoms with Crippen LogP contribution in [0.5, 0.6) is 5.75 Å². The number of amides is 1. The van der Waals surface area contributed by atoms with E-state index in [2.05, 4.69) is 0 Å².